The first-order valence-corrected chi connectivity index (χ1v) is 6.14. The van der Waals surface area contributed by atoms with Crippen molar-refractivity contribution in [3.8, 4) is 0 Å². The second-order valence-electron chi connectivity index (χ2n) is 4.61. The van der Waals surface area contributed by atoms with Crippen molar-refractivity contribution in [1.29, 1.82) is 0 Å². The molecule has 1 aromatic rings. The summed E-state index contributed by atoms with van der Waals surface area (Å²) in [4.78, 5) is 2.34. The summed E-state index contributed by atoms with van der Waals surface area (Å²) >= 11 is 0. The van der Waals surface area contributed by atoms with Crippen LogP contribution in [0.2, 0.25) is 0 Å². The van der Waals surface area contributed by atoms with Gasteiger partial charge in [-0.15, -0.1) is 0 Å². The molecule has 1 atom stereocenters. The third kappa shape index (κ3) is 4.33. The SMILES string of the molecule is CCCN(C)CCC(N)c1cccc(C)c1. The molecule has 2 nitrogen and oxygen atoms in total. The fourth-order valence-corrected chi connectivity index (χ4v) is 1.92. The molecule has 0 aliphatic heterocycles. The van der Waals surface area contributed by atoms with Crippen LogP contribution in [0.4, 0.5) is 0 Å². The highest BCUT2D eigenvalue weighted by Gasteiger charge is 2.07. The Kier molecular flexibility index (Phi) is 5.50. The van der Waals surface area contributed by atoms with Gasteiger partial charge in [-0.3, -0.25) is 0 Å². The maximum atomic E-state index is 6.18. The Morgan fingerprint density at radius 2 is 2.06 bits per heavy atom. The third-order valence-electron chi connectivity index (χ3n) is 2.90. The molecule has 0 bridgehead atoms. The number of aryl methyl sites for hydroxylation is 1. The van der Waals surface area contributed by atoms with E-state index in [9.17, 15) is 0 Å². The first-order valence-electron chi connectivity index (χ1n) is 6.14. The highest BCUT2D eigenvalue weighted by molar-refractivity contribution is 5.24. The Morgan fingerprint density at radius 1 is 1.31 bits per heavy atom. The summed E-state index contributed by atoms with van der Waals surface area (Å²) < 4.78 is 0. The van der Waals surface area contributed by atoms with Gasteiger partial charge in [0.25, 0.3) is 0 Å². The van der Waals surface area contributed by atoms with Gasteiger partial charge in [-0.25, -0.2) is 0 Å². The molecule has 0 heterocycles. The lowest BCUT2D eigenvalue weighted by atomic mass is 10.0. The number of rotatable bonds is 6. The van der Waals surface area contributed by atoms with Gasteiger partial charge >= 0.3 is 0 Å². The van der Waals surface area contributed by atoms with Gasteiger partial charge in [-0.05, 0) is 45.5 Å². The average molecular weight is 220 g/mol. The smallest absolute Gasteiger partial charge is 0.0307 e. The Labute approximate surface area is 99.5 Å². The monoisotopic (exact) mass is 220 g/mol. The number of hydrogen-bond acceptors (Lipinski definition) is 2. The Morgan fingerprint density at radius 3 is 2.69 bits per heavy atom. The van der Waals surface area contributed by atoms with E-state index in [4.69, 9.17) is 5.73 Å². The zero-order valence-electron chi connectivity index (χ0n) is 10.7. The quantitative estimate of drug-likeness (QED) is 0.798. The van der Waals surface area contributed by atoms with Crippen molar-refractivity contribution >= 4 is 0 Å². The van der Waals surface area contributed by atoms with Crippen LogP contribution in [-0.4, -0.2) is 25.0 Å². The summed E-state index contributed by atoms with van der Waals surface area (Å²) in [6, 6.07) is 8.67. The van der Waals surface area contributed by atoms with Crippen LogP contribution in [0, 0.1) is 6.92 Å². The van der Waals surface area contributed by atoms with Crippen LogP contribution >= 0.6 is 0 Å². The molecule has 0 saturated heterocycles. The van der Waals surface area contributed by atoms with E-state index >= 15 is 0 Å². The molecule has 0 radical (unpaired) electrons. The molecule has 0 fully saturated rings. The van der Waals surface area contributed by atoms with Gasteiger partial charge in [0.15, 0.2) is 0 Å². The predicted octanol–water partition coefficient (Wildman–Crippen LogP) is 2.73. The number of hydrogen-bond donors (Lipinski definition) is 1. The molecule has 2 heteroatoms. The van der Waals surface area contributed by atoms with Crippen molar-refractivity contribution < 1.29 is 0 Å². The summed E-state index contributed by atoms with van der Waals surface area (Å²) in [6.07, 6.45) is 2.23. The molecule has 1 unspecified atom stereocenters. The van der Waals surface area contributed by atoms with E-state index in [1.54, 1.807) is 0 Å². The van der Waals surface area contributed by atoms with Crippen molar-refractivity contribution in [1.82, 2.24) is 4.90 Å². The molecular formula is C14H24N2. The van der Waals surface area contributed by atoms with Crippen LogP contribution < -0.4 is 5.73 Å². The van der Waals surface area contributed by atoms with Gasteiger partial charge in [-0.1, -0.05) is 36.8 Å². The largest absolute Gasteiger partial charge is 0.324 e. The summed E-state index contributed by atoms with van der Waals surface area (Å²) in [5, 5.41) is 0. The van der Waals surface area contributed by atoms with Crippen molar-refractivity contribution in [2.24, 2.45) is 5.73 Å². The summed E-state index contributed by atoms with van der Waals surface area (Å²) in [7, 11) is 2.16. The van der Waals surface area contributed by atoms with Crippen LogP contribution in [-0.2, 0) is 0 Å². The lowest BCUT2D eigenvalue weighted by molar-refractivity contribution is 0.319. The van der Waals surface area contributed by atoms with Gasteiger partial charge in [-0.2, -0.15) is 0 Å². The molecule has 90 valence electrons. The molecule has 0 amide bonds. The van der Waals surface area contributed by atoms with Gasteiger partial charge in [0.05, 0.1) is 0 Å². The van der Waals surface area contributed by atoms with Crippen LogP contribution in [0.15, 0.2) is 24.3 Å². The predicted molar refractivity (Wildman–Crippen MR) is 70.5 cm³/mol. The second-order valence-corrected chi connectivity index (χ2v) is 4.61. The minimum absolute atomic E-state index is 0.166. The van der Waals surface area contributed by atoms with E-state index in [2.05, 4.69) is 50.1 Å². The van der Waals surface area contributed by atoms with E-state index < -0.39 is 0 Å². The summed E-state index contributed by atoms with van der Waals surface area (Å²) in [5.41, 5.74) is 8.72. The second kappa shape index (κ2) is 6.66. The van der Waals surface area contributed by atoms with Crippen molar-refractivity contribution in [2.75, 3.05) is 20.1 Å². The molecule has 0 spiro atoms. The van der Waals surface area contributed by atoms with E-state index in [0.717, 1.165) is 19.5 Å². The Bertz CT molecular complexity index is 309. The standard InChI is InChI=1S/C14H24N2/c1-4-9-16(3)10-8-14(15)13-7-5-6-12(2)11-13/h5-7,11,14H,4,8-10,15H2,1-3H3. The zero-order chi connectivity index (χ0) is 12.0. The molecule has 16 heavy (non-hydrogen) atoms. The molecular weight excluding hydrogens is 196 g/mol. The fraction of sp³-hybridized carbons (Fsp3) is 0.571. The van der Waals surface area contributed by atoms with E-state index in [1.165, 1.54) is 17.5 Å². The summed E-state index contributed by atoms with van der Waals surface area (Å²) in [6.45, 7) is 6.54. The van der Waals surface area contributed by atoms with Crippen molar-refractivity contribution in [2.45, 2.75) is 32.7 Å². The fourth-order valence-electron chi connectivity index (χ4n) is 1.92. The first kappa shape index (κ1) is 13.2. The van der Waals surface area contributed by atoms with Crippen LogP contribution in [0.5, 0.6) is 0 Å². The highest BCUT2D eigenvalue weighted by Crippen LogP contribution is 2.15. The zero-order valence-corrected chi connectivity index (χ0v) is 10.7. The van der Waals surface area contributed by atoms with Crippen LogP contribution in [0.1, 0.15) is 36.9 Å². The lowest BCUT2D eigenvalue weighted by Gasteiger charge is -2.19. The molecule has 0 aromatic heterocycles. The third-order valence-corrected chi connectivity index (χ3v) is 2.90. The molecule has 0 aliphatic carbocycles. The Hall–Kier alpha value is -0.860. The summed E-state index contributed by atoms with van der Waals surface area (Å²) in [5.74, 6) is 0. The van der Waals surface area contributed by atoms with Crippen molar-refractivity contribution in [3.63, 3.8) is 0 Å². The normalized spacial score (nSPS) is 13.1. The highest BCUT2D eigenvalue weighted by atomic mass is 15.1. The van der Waals surface area contributed by atoms with Gasteiger partial charge in [0, 0.05) is 6.04 Å². The number of nitrogens with two attached hydrogens (primary N) is 1. The van der Waals surface area contributed by atoms with E-state index in [1.807, 2.05) is 0 Å². The minimum Gasteiger partial charge on any atom is -0.324 e. The molecule has 1 aromatic carbocycles. The minimum atomic E-state index is 0.166. The lowest BCUT2D eigenvalue weighted by Crippen LogP contribution is -2.24. The van der Waals surface area contributed by atoms with Gasteiger partial charge in [0.1, 0.15) is 0 Å². The molecule has 1 rings (SSSR count). The molecule has 0 saturated carbocycles. The van der Waals surface area contributed by atoms with Gasteiger partial charge in [0.2, 0.25) is 0 Å². The molecule has 2 N–H and O–H groups in total. The maximum absolute atomic E-state index is 6.18. The average Bonchev–Trinajstić information content (AvgIpc) is 2.26. The number of benzene rings is 1. The maximum Gasteiger partial charge on any atom is 0.0307 e. The molecule has 0 aliphatic rings. The van der Waals surface area contributed by atoms with E-state index in [-0.39, 0.29) is 6.04 Å². The first-order chi connectivity index (χ1) is 7.63. The Balaban J connectivity index is 2.43. The van der Waals surface area contributed by atoms with Crippen molar-refractivity contribution in [3.05, 3.63) is 35.4 Å². The topological polar surface area (TPSA) is 29.3 Å². The van der Waals surface area contributed by atoms with Crippen LogP contribution in [0.25, 0.3) is 0 Å². The number of nitrogens with zero attached hydrogens (tertiary/aromatic N) is 1. The van der Waals surface area contributed by atoms with Gasteiger partial charge < -0.3 is 10.6 Å². The van der Waals surface area contributed by atoms with Crippen LogP contribution in [0.3, 0.4) is 0 Å². The van der Waals surface area contributed by atoms with E-state index in [0.29, 0.717) is 0 Å².